The van der Waals surface area contributed by atoms with Crippen molar-refractivity contribution in [3.8, 4) is 6.07 Å². The zero-order valence-corrected chi connectivity index (χ0v) is 11.6. The molecule has 1 aromatic rings. The van der Waals surface area contributed by atoms with E-state index in [1.54, 1.807) is 0 Å². The van der Waals surface area contributed by atoms with Crippen molar-refractivity contribution in [3.63, 3.8) is 0 Å². The number of hydrogen-bond donors (Lipinski definition) is 0. The molecule has 1 aromatic carbocycles. The Kier molecular flexibility index (Phi) is 5.54. The van der Waals surface area contributed by atoms with Crippen LogP contribution in [0.25, 0.3) is 0 Å². The zero-order valence-electron chi connectivity index (χ0n) is 9.85. The Balaban J connectivity index is 0.00000144. The van der Waals surface area contributed by atoms with Crippen molar-refractivity contribution in [1.82, 2.24) is 0 Å². The average molecular weight is 284 g/mol. The number of nitriles is 1. The van der Waals surface area contributed by atoms with Crippen molar-refractivity contribution >= 4 is 19.4 Å². The molecule has 0 aromatic heterocycles. The van der Waals surface area contributed by atoms with Crippen LogP contribution in [0.3, 0.4) is 0 Å². The molecule has 0 amide bonds. The Hall–Kier alpha value is -0.473. The van der Waals surface area contributed by atoms with Gasteiger partial charge < -0.3 is 0 Å². The molecular formula is C13H12LiNOSe. The molecular weight excluding hydrogens is 272 g/mol. The summed E-state index contributed by atoms with van der Waals surface area (Å²) in [5, 5.41) is 21.1. The number of hydrogen-bond acceptors (Lipinski definition) is 2. The van der Waals surface area contributed by atoms with E-state index in [1.165, 1.54) is 4.46 Å². The van der Waals surface area contributed by atoms with Crippen LogP contribution in [-0.2, 0) is 0 Å². The van der Waals surface area contributed by atoms with E-state index in [4.69, 9.17) is 5.26 Å². The van der Waals surface area contributed by atoms with E-state index in [2.05, 4.69) is 0 Å². The van der Waals surface area contributed by atoms with Gasteiger partial charge in [-0.2, -0.15) is 0 Å². The van der Waals surface area contributed by atoms with E-state index in [0.29, 0.717) is 6.42 Å². The monoisotopic (exact) mass is 285 g/mol. The third kappa shape index (κ3) is 3.49. The second-order valence-corrected chi connectivity index (χ2v) is 6.19. The largest absolute Gasteiger partial charge is 1.00 e. The number of rotatable bonds is 3. The second kappa shape index (κ2) is 6.46. The molecule has 1 aliphatic rings. The van der Waals surface area contributed by atoms with Crippen LogP contribution in [0.15, 0.2) is 40.9 Å². The Morgan fingerprint density at radius 3 is 2.71 bits per heavy atom. The normalized spacial score (nSPS) is 22.5. The Labute approximate surface area is 120 Å². The fraction of sp³-hybridized carbons (Fsp3) is 0.308. The summed E-state index contributed by atoms with van der Waals surface area (Å²) in [4.78, 5) is 0. The minimum atomic E-state index is -1.11. The van der Waals surface area contributed by atoms with Gasteiger partial charge in [-0.05, 0) is 0 Å². The molecule has 0 fully saturated rings. The van der Waals surface area contributed by atoms with Gasteiger partial charge in [-0.25, -0.2) is 0 Å². The van der Waals surface area contributed by atoms with Crippen LogP contribution in [0.2, 0.25) is 0 Å². The Morgan fingerprint density at radius 1 is 1.35 bits per heavy atom. The smallest absolute Gasteiger partial charge is 1.00 e. The molecule has 0 heterocycles. The Morgan fingerprint density at radius 2 is 2.06 bits per heavy atom. The molecule has 0 aliphatic heterocycles. The summed E-state index contributed by atoms with van der Waals surface area (Å²) in [6.07, 6.45) is 3.56. The first-order valence-electron chi connectivity index (χ1n) is 5.25. The minimum absolute atomic E-state index is 0. The van der Waals surface area contributed by atoms with Gasteiger partial charge in [-0.3, -0.25) is 0 Å². The molecule has 0 N–H and O–H groups in total. The van der Waals surface area contributed by atoms with Crippen LogP contribution < -0.4 is 28.4 Å². The van der Waals surface area contributed by atoms with Gasteiger partial charge in [-0.15, -0.1) is 0 Å². The van der Waals surface area contributed by atoms with Crippen LogP contribution >= 0.6 is 0 Å². The summed E-state index contributed by atoms with van der Waals surface area (Å²) in [5.74, 6) is 0. The maximum Gasteiger partial charge on any atom is 1.00 e. The second-order valence-electron chi connectivity index (χ2n) is 3.85. The number of benzene rings is 1. The molecule has 1 atom stereocenters. The SMILES string of the molecule is N#CCC1([O-])CCC=C1[Se]c1ccccc1.[Li+]. The van der Waals surface area contributed by atoms with Gasteiger partial charge in [0.05, 0.1) is 0 Å². The first-order chi connectivity index (χ1) is 7.74. The van der Waals surface area contributed by atoms with Gasteiger partial charge in [0.25, 0.3) is 0 Å². The summed E-state index contributed by atoms with van der Waals surface area (Å²) in [5.41, 5.74) is -1.11. The van der Waals surface area contributed by atoms with Crippen LogP contribution in [0, 0.1) is 11.3 Å². The van der Waals surface area contributed by atoms with Gasteiger partial charge in [0, 0.05) is 0 Å². The van der Waals surface area contributed by atoms with E-state index < -0.39 is 5.60 Å². The van der Waals surface area contributed by atoms with Crippen molar-refractivity contribution in [3.05, 3.63) is 40.9 Å². The zero-order chi connectivity index (χ0) is 11.4. The van der Waals surface area contributed by atoms with Gasteiger partial charge in [0.2, 0.25) is 0 Å². The topological polar surface area (TPSA) is 46.8 Å². The molecule has 0 saturated carbocycles. The molecule has 2 rings (SSSR count). The van der Waals surface area contributed by atoms with E-state index in [1.807, 2.05) is 42.5 Å². The van der Waals surface area contributed by atoms with Gasteiger partial charge in [0.1, 0.15) is 0 Å². The van der Waals surface area contributed by atoms with Gasteiger partial charge in [-0.1, -0.05) is 0 Å². The van der Waals surface area contributed by atoms with Crippen molar-refractivity contribution in [1.29, 1.82) is 5.26 Å². The number of nitrogens with zero attached hydrogens (tertiary/aromatic N) is 1. The predicted molar refractivity (Wildman–Crippen MR) is 62.1 cm³/mol. The Bertz CT molecular complexity index is 440. The van der Waals surface area contributed by atoms with Crippen molar-refractivity contribution in [2.24, 2.45) is 0 Å². The third-order valence-electron chi connectivity index (χ3n) is 2.66. The quantitative estimate of drug-likeness (QED) is 0.587. The molecule has 0 bridgehead atoms. The third-order valence-corrected chi connectivity index (χ3v) is 5.32. The molecule has 17 heavy (non-hydrogen) atoms. The first kappa shape index (κ1) is 14.6. The molecule has 0 spiro atoms. The fourth-order valence-corrected chi connectivity index (χ4v) is 4.12. The van der Waals surface area contributed by atoms with Crippen LogP contribution in [0.1, 0.15) is 19.3 Å². The maximum atomic E-state index is 12.4. The number of allylic oxidation sites excluding steroid dienone is 1. The summed E-state index contributed by atoms with van der Waals surface area (Å²) < 4.78 is 2.16. The summed E-state index contributed by atoms with van der Waals surface area (Å²) in [6, 6.07) is 12.1. The molecule has 0 saturated heterocycles. The van der Waals surface area contributed by atoms with Crippen molar-refractivity contribution in [2.45, 2.75) is 24.9 Å². The summed E-state index contributed by atoms with van der Waals surface area (Å²) >= 11 is 0.0797. The standard InChI is InChI=1S/C13H12NOSe.Li/c14-10-9-13(15)8-4-7-12(13)16-11-5-2-1-3-6-11;/h1-3,5-7H,4,8-9H2;/q-1;+1. The van der Waals surface area contributed by atoms with Crippen molar-refractivity contribution < 1.29 is 24.0 Å². The maximum absolute atomic E-state index is 12.4. The van der Waals surface area contributed by atoms with E-state index in [9.17, 15) is 5.11 Å². The summed E-state index contributed by atoms with van der Waals surface area (Å²) in [7, 11) is 0. The van der Waals surface area contributed by atoms with Crippen molar-refractivity contribution in [2.75, 3.05) is 0 Å². The summed E-state index contributed by atoms with van der Waals surface area (Å²) in [6.45, 7) is 0. The van der Waals surface area contributed by atoms with Crippen LogP contribution in [0.4, 0.5) is 0 Å². The molecule has 2 nitrogen and oxygen atoms in total. The molecule has 1 aliphatic carbocycles. The van der Waals surface area contributed by atoms with E-state index >= 15 is 0 Å². The first-order valence-corrected chi connectivity index (χ1v) is 6.97. The van der Waals surface area contributed by atoms with Gasteiger partial charge >= 0.3 is 120 Å². The molecule has 0 radical (unpaired) electrons. The molecule has 82 valence electrons. The van der Waals surface area contributed by atoms with Gasteiger partial charge in [0.15, 0.2) is 0 Å². The predicted octanol–water partition coefficient (Wildman–Crippen LogP) is -2.29. The molecule has 1 unspecified atom stereocenters. The van der Waals surface area contributed by atoms with Crippen LogP contribution in [-0.4, -0.2) is 20.6 Å². The molecule has 4 heteroatoms. The minimum Gasteiger partial charge on any atom is 1.00 e. The fourth-order valence-electron chi connectivity index (χ4n) is 1.80. The van der Waals surface area contributed by atoms with Crippen LogP contribution in [0.5, 0.6) is 0 Å². The van der Waals surface area contributed by atoms with E-state index in [-0.39, 0.29) is 40.2 Å². The van der Waals surface area contributed by atoms with E-state index in [0.717, 1.165) is 10.9 Å². The average Bonchev–Trinajstić information content (AvgIpc) is 2.62.